The molecule has 2 aromatic carbocycles. The van der Waals surface area contributed by atoms with Crippen molar-refractivity contribution in [1.82, 2.24) is 9.97 Å². The van der Waals surface area contributed by atoms with Crippen molar-refractivity contribution in [2.45, 2.75) is 65.7 Å². The summed E-state index contributed by atoms with van der Waals surface area (Å²) in [4.78, 5) is 9.83. The first-order chi connectivity index (χ1) is 15.3. The Morgan fingerprint density at radius 1 is 0.781 bits per heavy atom. The zero-order valence-electron chi connectivity index (χ0n) is 19.8. The van der Waals surface area contributed by atoms with Crippen LogP contribution in [0.5, 0.6) is 0 Å². The fourth-order valence-corrected chi connectivity index (χ4v) is 5.83. The number of nitrogens with zero attached hydrogens (tertiary/aromatic N) is 2. The molecule has 4 heteroatoms. The smallest absolute Gasteiger partial charge is 0.123 e. The van der Waals surface area contributed by atoms with Crippen molar-refractivity contribution >= 4 is 22.7 Å². The second kappa shape index (κ2) is 9.68. The summed E-state index contributed by atoms with van der Waals surface area (Å²) in [6.07, 6.45) is 0.976. The quantitative estimate of drug-likeness (QED) is 0.275. The summed E-state index contributed by atoms with van der Waals surface area (Å²) in [7, 11) is 0. The average Bonchev–Trinajstić information content (AvgIpc) is 3.43. The lowest BCUT2D eigenvalue weighted by atomic mass is 9.90. The van der Waals surface area contributed by atoms with Crippen molar-refractivity contribution in [2.24, 2.45) is 0 Å². The van der Waals surface area contributed by atoms with Gasteiger partial charge in [-0.1, -0.05) is 71.0 Å². The number of aryl methyl sites for hydroxylation is 1. The van der Waals surface area contributed by atoms with Crippen LogP contribution in [0.2, 0.25) is 0 Å². The summed E-state index contributed by atoms with van der Waals surface area (Å²) >= 11 is 3.48. The first-order valence-electron chi connectivity index (χ1n) is 11.4. The standard InChI is InChI=1S/C28H32N2S2/c1-17(2)22-9-7-8-10-24(22)28-30-26(15-32-28)19(5)13-21-11-12-23(18(3)4)25(14-21)27-16-31-20(6)29-27/h7-12,14-19H,13H2,1-6H3. The summed E-state index contributed by atoms with van der Waals surface area (Å²) in [5.41, 5.74) is 8.92. The van der Waals surface area contributed by atoms with Crippen LogP contribution in [0.3, 0.4) is 0 Å². The van der Waals surface area contributed by atoms with Crippen molar-refractivity contribution in [3.8, 4) is 21.8 Å². The lowest BCUT2D eigenvalue weighted by molar-refractivity contribution is 0.736. The molecule has 0 fully saturated rings. The van der Waals surface area contributed by atoms with Gasteiger partial charge in [-0.25, -0.2) is 9.97 Å². The van der Waals surface area contributed by atoms with E-state index >= 15 is 0 Å². The SMILES string of the molecule is Cc1nc(-c2cc(CC(C)c3csc(-c4ccccc4C(C)C)n3)ccc2C(C)C)cs1. The molecule has 166 valence electrons. The summed E-state index contributed by atoms with van der Waals surface area (Å²) in [5.74, 6) is 1.32. The summed E-state index contributed by atoms with van der Waals surface area (Å²) < 4.78 is 0. The van der Waals surface area contributed by atoms with E-state index in [0.717, 1.165) is 22.1 Å². The van der Waals surface area contributed by atoms with Gasteiger partial charge in [-0.2, -0.15) is 0 Å². The third-order valence-corrected chi connectivity index (χ3v) is 7.68. The van der Waals surface area contributed by atoms with Gasteiger partial charge in [0.05, 0.1) is 16.4 Å². The van der Waals surface area contributed by atoms with E-state index in [4.69, 9.17) is 9.97 Å². The molecule has 0 radical (unpaired) electrons. The van der Waals surface area contributed by atoms with Crippen LogP contribution in [0.25, 0.3) is 21.8 Å². The zero-order valence-corrected chi connectivity index (χ0v) is 21.5. The predicted octanol–water partition coefficient (Wildman–Crippen LogP) is 8.84. The van der Waals surface area contributed by atoms with E-state index in [2.05, 4.69) is 94.8 Å². The Bertz CT molecular complexity index is 1200. The van der Waals surface area contributed by atoms with Crippen LogP contribution in [-0.4, -0.2) is 9.97 Å². The van der Waals surface area contributed by atoms with Crippen LogP contribution >= 0.6 is 22.7 Å². The molecule has 0 aliphatic carbocycles. The molecule has 32 heavy (non-hydrogen) atoms. The van der Waals surface area contributed by atoms with Gasteiger partial charge in [0, 0.05) is 27.8 Å². The maximum absolute atomic E-state index is 5.06. The van der Waals surface area contributed by atoms with Gasteiger partial charge in [-0.3, -0.25) is 0 Å². The van der Waals surface area contributed by atoms with E-state index in [1.165, 1.54) is 33.5 Å². The normalized spacial score (nSPS) is 12.6. The molecule has 0 saturated carbocycles. The van der Waals surface area contributed by atoms with Gasteiger partial charge in [0.1, 0.15) is 5.01 Å². The van der Waals surface area contributed by atoms with Crippen molar-refractivity contribution in [2.75, 3.05) is 0 Å². The van der Waals surface area contributed by atoms with E-state index < -0.39 is 0 Å². The maximum Gasteiger partial charge on any atom is 0.123 e. The van der Waals surface area contributed by atoms with Crippen LogP contribution < -0.4 is 0 Å². The van der Waals surface area contributed by atoms with Crippen LogP contribution in [0.15, 0.2) is 53.2 Å². The van der Waals surface area contributed by atoms with Crippen molar-refractivity contribution < 1.29 is 0 Å². The Morgan fingerprint density at radius 3 is 2.19 bits per heavy atom. The number of rotatable bonds is 7. The lowest BCUT2D eigenvalue weighted by Crippen LogP contribution is -2.01. The molecule has 0 saturated heterocycles. The van der Waals surface area contributed by atoms with E-state index in [0.29, 0.717) is 17.8 Å². The molecule has 2 aromatic heterocycles. The molecule has 0 spiro atoms. The van der Waals surface area contributed by atoms with E-state index in [9.17, 15) is 0 Å². The highest BCUT2D eigenvalue weighted by molar-refractivity contribution is 7.13. The first kappa shape index (κ1) is 22.9. The third-order valence-electron chi connectivity index (χ3n) is 6.02. The molecular formula is C28H32N2S2. The van der Waals surface area contributed by atoms with Gasteiger partial charge in [0.25, 0.3) is 0 Å². The summed E-state index contributed by atoms with van der Waals surface area (Å²) in [6, 6.07) is 15.6. The van der Waals surface area contributed by atoms with Gasteiger partial charge < -0.3 is 0 Å². The highest BCUT2D eigenvalue weighted by Crippen LogP contribution is 2.35. The van der Waals surface area contributed by atoms with Crippen molar-refractivity contribution in [3.05, 3.63) is 80.6 Å². The maximum atomic E-state index is 5.06. The van der Waals surface area contributed by atoms with Crippen molar-refractivity contribution in [1.29, 1.82) is 0 Å². The fourth-order valence-electron chi connectivity index (χ4n) is 4.23. The van der Waals surface area contributed by atoms with E-state index in [1.54, 1.807) is 22.7 Å². The number of aromatic nitrogens is 2. The van der Waals surface area contributed by atoms with Gasteiger partial charge in [-0.05, 0) is 47.9 Å². The molecule has 4 aromatic rings. The number of thiazole rings is 2. The highest BCUT2D eigenvalue weighted by atomic mass is 32.1. The summed E-state index contributed by atoms with van der Waals surface area (Å²) in [6.45, 7) is 13.4. The summed E-state index contributed by atoms with van der Waals surface area (Å²) in [5, 5.41) is 6.67. The van der Waals surface area contributed by atoms with Gasteiger partial charge in [0.15, 0.2) is 0 Å². The highest BCUT2D eigenvalue weighted by Gasteiger charge is 2.17. The Kier molecular flexibility index (Phi) is 6.92. The first-order valence-corrected chi connectivity index (χ1v) is 13.2. The molecule has 0 aliphatic heterocycles. The zero-order chi connectivity index (χ0) is 22.8. The van der Waals surface area contributed by atoms with Crippen LogP contribution in [0, 0.1) is 6.92 Å². The third kappa shape index (κ3) is 4.87. The fraction of sp³-hybridized carbons (Fsp3) is 0.357. The van der Waals surface area contributed by atoms with E-state index in [1.807, 2.05) is 0 Å². The Morgan fingerprint density at radius 2 is 1.50 bits per heavy atom. The molecule has 1 atom stereocenters. The number of hydrogen-bond donors (Lipinski definition) is 0. The van der Waals surface area contributed by atoms with Gasteiger partial charge in [-0.15, -0.1) is 22.7 Å². The van der Waals surface area contributed by atoms with Gasteiger partial charge in [0.2, 0.25) is 0 Å². The van der Waals surface area contributed by atoms with Gasteiger partial charge >= 0.3 is 0 Å². The Balaban J connectivity index is 1.60. The molecule has 2 nitrogen and oxygen atoms in total. The Labute approximate surface area is 200 Å². The van der Waals surface area contributed by atoms with Crippen LogP contribution in [0.4, 0.5) is 0 Å². The molecule has 0 N–H and O–H groups in total. The molecule has 2 heterocycles. The molecule has 0 bridgehead atoms. The lowest BCUT2D eigenvalue weighted by Gasteiger charge is -2.15. The topological polar surface area (TPSA) is 25.8 Å². The predicted molar refractivity (Wildman–Crippen MR) is 140 cm³/mol. The Hall–Kier alpha value is -2.30. The van der Waals surface area contributed by atoms with Crippen LogP contribution in [0.1, 0.15) is 79.8 Å². The molecule has 4 rings (SSSR count). The molecule has 0 aliphatic rings. The van der Waals surface area contributed by atoms with Crippen molar-refractivity contribution in [3.63, 3.8) is 0 Å². The molecule has 1 unspecified atom stereocenters. The second-order valence-corrected chi connectivity index (χ2v) is 11.2. The second-order valence-electron chi connectivity index (χ2n) is 9.25. The monoisotopic (exact) mass is 460 g/mol. The largest absolute Gasteiger partial charge is 0.242 e. The number of benzene rings is 2. The molecule has 0 amide bonds. The van der Waals surface area contributed by atoms with E-state index in [-0.39, 0.29) is 0 Å². The minimum Gasteiger partial charge on any atom is -0.242 e. The minimum atomic E-state index is 0.362. The number of hydrogen-bond acceptors (Lipinski definition) is 4. The minimum absolute atomic E-state index is 0.362. The van der Waals surface area contributed by atoms with Crippen LogP contribution in [-0.2, 0) is 6.42 Å². The average molecular weight is 461 g/mol. The molecular weight excluding hydrogens is 428 g/mol.